The highest BCUT2D eigenvalue weighted by Gasteiger charge is 2.34. The number of alkyl halides is 3. The number of aliphatic carboxylic acids is 1. The minimum atomic E-state index is -4.51. The van der Waals surface area contributed by atoms with E-state index in [2.05, 4.69) is 10.4 Å². The van der Waals surface area contributed by atoms with Gasteiger partial charge in [-0.2, -0.15) is 18.3 Å². The molecule has 1 aromatic heterocycles. The lowest BCUT2D eigenvalue weighted by molar-refractivity contribution is -0.141. The number of aromatic nitrogens is 2. The molecule has 1 saturated carbocycles. The van der Waals surface area contributed by atoms with Gasteiger partial charge < -0.3 is 10.4 Å². The average Bonchev–Trinajstić information content (AvgIpc) is 2.91. The summed E-state index contributed by atoms with van der Waals surface area (Å²) in [4.78, 5) is 10.9. The summed E-state index contributed by atoms with van der Waals surface area (Å²) in [7, 11) is 0. The number of carboxylic acid groups (broad SMARTS) is 1. The molecule has 1 atom stereocenters. The van der Waals surface area contributed by atoms with Crippen molar-refractivity contribution in [1.82, 2.24) is 15.1 Å². The molecule has 1 aliphatic rings. The molecule has 0 aliphatic heterocycles. The molecule has 0 aromatic carbocycles. The third kappa shape index (κ3) is 3.22. The molecule has 1 heterocycles. The van der Waals surface area contributed by atoms with Crippen LogP contribution in [0.1, 0.15) is 18.5 Å². The quantitative estimate of drug-likeness (QED) is 0.835. The van der Waals surface area contributed by atoms with Crippen molar-refractivity contribution >= 4 is 5.97 Å². The number of halogens is 3. The van der Waals surface area contributed by atoms with Gasteiger partial charge in [-0.1, -0.05) is 0 Å². The Bertz CT molecular complexity index is 440. The van der Waals surface area contributed by atoms with E-state index in [0.717, 1.165) is 29.8 Å². The molecule has 2 N–H and O–H groups in total. The second-order valence-electron chi connectivity index (χ2n) is 4.25. The summed E-state index contributed by atoms with van der Waals surface area (Å²) in [6.07, 6.45) is -1.57. The molecule has 100 valence electrons. The van der Waals surface area contributed by atoms with Crippen molar-refractivity contribution in [3.05, 3.63) is 18.0 Å². The van der Waals surface area contributed by atoms with E-state index in [4.69, 9.17) is 5.11 Å². The zero-order valence-corrected chi connectivity index (χ0v) is 9.31. The maximum atomic E-state index is 12.3. The predicted octanol–water partition coefficient (Wildman–Crippen LogP) is 1.11. The van der Waals surface area contributed by atoms with Gasteiger partial charge in [0.2, 0.25) is 0 Å². The van der Waals surface area contributed by atoms with Crippen molar-refractivity contribution in [2.24, 2.45) is 0 Å². The number of carboxylic acids is 1. The van der Waals surface area contributed by atoms with E-state index in [1.54, 1.807) is 0 Å². The van der Waals surface area contributed by atoms with E-state index >= 15 is 0 Å². The largest absolute Gasteiger partial charge is 0.480 e. The number of hydrogen-bond donors (Lipinski definition) is 2. The Kier molecular flexibility index (Phi) is 3.29. The molecule has 2 rings (SSSR count). The van der Waals surface area contributed by atoms with Crippen molar-refractivity contribution in [1.29, 1.82) is 0 Å². The maximum absolute atomic E-state index is 12.3. The highest BCUT2D eigenvalue weighted by molar-refractivity contribution is 5.73. The van der Waals surface area contributed by atoms with Crippen LogP contribution in [0.25, 0.3) is 0 Å². The maximum Gasteiger partial charge on any atom is 0.435 e. The third-order valence-electron chi connectivity index (χ3n) is 2.61. The van der Waals surface area contributed by atoms with E-state index in [1.165, 1.54) is 0 Å². The van der Waals surface area contributed by atoms with Gasteiger partial charge in [-0.15, -0.1) is 0 Å². The number of nitrogens with one attached hydrogen (secondary N) is 1. The van der Waals surface area contributed by atoms with Crippen molar-refractivity contribution in [3.8, 4) is 0 Å². The first kappa shape index (κ1) is 12.9. The smallest absolute Gasteiger partial charge is 0.435 e. The van der Waals surface area contributed by atoms with Crippen molar-refractivity contribution in [2.45, 2.75) is 37.6 Å². The summed E-state index contributed by atoms with van der Waals surface area (Å²) in [5.41, 5.74) is -1.02. The highest BCUT2D eigenvalue weighted by Crippen LogP contribution is 2.27. The number of rotatable bonds is 5. The molecule has 0 spiro atoms. The zero-order chi connectivity index (χ0) is 13.3. The molecule has 1 aliphatic carbocycles. The molecule has 0 amide bonds. The summed E-state index contributed by atoms with van der Waals surface area (Å²) >= 11 is 0. The summed E-state index contributed by atoms with van der Waals surface area (Å²) in [6.45, 7) is -0.123. The Labute approximate surface area is 101 Å². The van der Waals surface area contributed by atoms with Crippen molar-refractivity contribution in [2.75, 3.05) is 0 Å². The molecule has 0 radical (unpaired) electrons. The van der Waals surface area contributed by atoms with Crippen LogP contribution < -0.4 is 5.32 Å². The Morgan fingerprint density at radius 1 is 1.61 bits per heavy atom. The Morgan fingerprint density at radius 2 is 2.28 bits per heavy atom. The molecule has 0 saturated heterocycles. The van der Waals surface area contributed by atoms with E-state index < -0.39 is 23.9 Å². The normalized spacial score (nSPS) is 17.7. The summed E-state index contributed by atoms with van der Waals surface area (Å²) in [5, 5.41) is 15.1. The molecule has 18 heavy (non-hydrogen) atoms. The first-order valence-electron chi connectivity index (χ1n) is 5.46. The molecule has 1 aromatic rings. The molecular formula is C10H12F3N3O2. The van der Waals surface area contributed by atoms with Crippen molar-refractivity contribution < 1.29 is 23.1 Å². The fraction of sp³-hybridized carbons (Fsp3) is 0.600. The van der Waals surface area contributed by atoms with Crippen molar-refractivity contribution in [3.63, 3.8) is 0 Å². The van der Waals surface area contributed by atoms with Crippen LogP contribution in [0.4, 0.5) is 13.2 Å². The second kappa shape index (κ2) is 4.60. The number of nitrogens with zero attached hydrogens (tertiary/aromatic N) is 2. The van der Waals surface area contributed by atoms with Crippen LogP contribution in [0.2, 0.25) is 0 Å². The van der Waals surface area contributed by atoms with E-state index in [9.17, 15) is 18.0 Å². The van der Waals surface area contributed by atoms with E-state index in [0.29, 0.717) is 0 Å². The predicted molar refractivity (Wildman–Crippen MR) is 54.8 cm³/mol. The SMILES string of the molecule is O=C(O)[C@H](Cn1ccc(C(F)(F)F)n1)NC1CC1. The van der Waals surface area contributed by atoms with Gasteiger partial charge in [0.25, 0.3) is 0 Å². The van der Waals surface area contributed by atoms with E-state index in [-0.39, 0.29) is 12.6 Å². The summed E-state index contributed by atoms with van der Waals surface area (Å²) in [5.74, 6) is -1.09. The minimum Gasteiger partial charge on any atom is -0.480 e. The molecule has 0 unspecified atom stereocenters. The lowest BCUT2D eigenvalue weighted by Gasteiger charge is -2.13. The molecule has 1 fully saturated rings. The highest BCUT2D eigenvalue weighted by atomic mass is 19.4. The Morgan fingerprint density at radius 3 is 2.72 bits per heavy atom. The van der Waals surface area contributed by atoms with Gasteiger partial charge in [0.15, 0.2) is 5.69 Å². The summed E-state index contributed by atoms with van der Waals surface area (Å²) < 4.78 is 37.9. The van der Waals surface area contributed by atoms with Crippen LogP contribution in [0.3, 0.4) is 0 Å². The first-order valence-corrected chi connectivity index (χ1v) is 5.46. The monoisotopic (exact) mass is 263 g/mol. The van der Waals surface area contributed by atoms with Gasteiger partial charge in [-0.3, -0.25) is 9.48 Å². The lowest BCUT2D eigenvalue weighted by Crippen LogP contribution is -2.41. The zero-order valence-electron chi connectivity index (χ0n) is 9.31. The fourth-order valence-electron chi connectivity index (χ4n) is 1.54. The fourth-order valence-corrected chi connectivity index (χ4v) is 1.54. The van der Waals surface area contributed by atoms with Gasteiger partial charge in [0.1, 0.15) is 6.04 Å². The number of carbonyl (C=O) groups is 1. The average molecular weight is 263 g/mol. The van der Waals surface area contributed by atoms with Crippen LogP contribution >= 0.6 is 0 Å². The van der Waals surface area contributed by atoms with Gasteiger partial charge in [-0.05, 0) is 18.9 Å². The van der Waals surface area contributed by atoms with Gasteiger partial charge in [-0.25, -0.2) is 0 Å². The second-order valence-corrected chi connectivity index (χ2v) is 4.25. The van der Waals surface area contributed by atoms with Crippen LogP contribution in [0.5, 0.6) is 0 Å². The van der Waals surface area contributed by atoms with Gasteiger partial charge >= 0.3 is 12.1 Å². The topological polar surface area (TPSA) is 67.1 Å². The van der Waals surface area contributed by atoms with Crippen LogP contribution in [0, 0.1) is 0 Å². The van der Waals surface area contributed by atoms with Gasteiger partial charge in [0, 0.05) is 12.2 Å². The van der Waals surface area contributed by atoms with E-state index in [1.807, 2.05) is 0 Å². The Hall–Kier alpha value is -1.57. The first-order chi connectivity index (χ1) is 8.36. The van der Waals surface area contributed by atoms with Crippen LogP contribution in [-0.4, -0.2) is 32.9 Å². The standard InChI is InChI=1S/C10H12F3N3O2/c11-10(12,13)8-3-4-16(15-8)5-7(9(17)18)14-6-1-2-6/h3-4,6-7,14H,1-2,5H2,(H,17,18)/t7-/m0/s1. The summed E-state index contributed by atoms with van der Waals surface area (Å²) in [6, 6.07) is 0.0676. The lowest BCUT2D eigenvalue weighted by atomic mass is 10.3. The number of hydrogen-bond acceptors (Lipinski definition) is 3. The van der Waals surface area contributed by atoms with Crippen LogP contribution in [-0.2, 0) is 17.5 Å². The minimum absolute atomic E-state index is 0.123. The molecule has 5 nitrogen and oxygen atoms in total. The third-order valence-corrected chi connectivity index (χ3v) is 2.61. The van der Waals surface area contributed by atoms with Gasteiger partial charge in [0.05, 0.1) is 6.54 Å². The molecule has 0 bridgehead atoms. The molecular weight excluding hydrogens is 251 g/mol. The molecule has 8 heteroatoms. The Balaban J connectivity index is 2.01. The van der Waals surface area contributed by atoms with Crippen LogP contribution in [0.15, 0.2) is 12.3 Å².